The summed E-state index contributed by atoms with van der Waals surface area (Å²) in [4.78, 5) is 5.08. The van der Waals surface area contributed by atoms with Crippen molar-refractivity contribution in [1.29, 1.82) is 0 Å². The molecule has 26 heavy (non-hydrogen) atoms. The first-order chi connectivity index (χ1) is 12.5. The predicted octanol–water partition coefficient (Wildman–Crippen LogP) is 4.48. The van der Waals surface area contributed by atoms with Crippen molar-refractivity contribution >= 4 is 27.0 Å². The molecule has 8 heteroatoms. The van der Waals surface area contributed by atoms with Crippen molar-refractivity contribution in [2.45, 2.75) is 29.4 Å². The van der Waals surface area contributed by atoms with Gasteiger partial charge in [-0.2, -0.15) is 0 Å². The van der Waals surface area contributed by atoms with Crippen LogP contribution in [0.5, 0.6) is 5.75 Å². The Morgan fingerprint density at radius 1 is 1.27 bits per heavy atom. The minimum Gasteiger partial charge on any atom is -0.497 e. The van der Waals surface area contributed by atoms with Crippen molar-refractivity contribution in [2.24, 2.45) is 0 Å². The monoisotopic (exact) mass is 390 g/mol. The van der Waals surface area contributed by atoms with E-state index >= 15 is 0 Å². The standard InChI is InChI=1S/C18H18N2O4S2/c1-23-14-7-3-6-13(10-14)20-26(21,22)17-9-8-16(25-17)15-11-19-18(24-15)12-4-2-5-12/h3,6-12,20H,2,4-5H2,1H3. The van der Waals surface area contributed by atoms with Crippen molar-refractivity contribution in [3.8, 4) is 16.4 Å². The van der Waals surface area contributed by atoms with E-state index in [-0.39, 0.29) is 4.21 Å². The number of ether oxygens (including phenoxy) is 1. The fraction of sp³-hybridized carbons (Fsp3) is 0.278. The summed E-state index contributed by atoms with van der Waals surface area (Å²) in [5.41, 5.74) is 0.450. The SMILES string of the molecule is COc1cccc(NS(=O)(=O)c2ccc(-c3cnc(C4CCC4)o3)s2)c1. The van der Waals surface area contributed by atoms with Gasteiger partial charge in [0.15, 0.2) is 11.7 Å². The van der Waals surface area contributed by atoms with Crippen molar-refractivity contribution in [3.05, 3.63) is 48.5 Å². The molecule has 2 heterocycles. The molecule has 6 nitrogen and oxygen atoms in total. The van der Waals surface area contributed by atoms with E-state index in [1.165, 1.54) is 13.5 Å². The summed E-state index contributed by atoms with van der Waals surface area (Å²) in [6.45, 7) is 0. The number of oxazole rings is 1. The molecule has 2 aromatic heterocycles. The number of hydrogen-bond donors (Lipinski definition) is 1. The van der Waals surface area contributed by atoms with Crippen LogP contribution in [0.2, 0.25) is 0 Å². The number of sulfonamides is 1. The lowest BCUT2D eigenvalue weighted by Gasteiger charge is -2.21. The van der Waals surface area contributed by atoms with E-state index in [4.69, 9.17) is 9.15 Å². The molecule has 1 aliphatic rings. The molecular formula is C18H18N2O4S2. The summed E-state index contributed by atoms with van der Waals surface area (Å²) in [7, 11) is -2.14. The molecule has 1 aliphatic carbocycles. The molecule has 0 bridgehead atoms. The van der Waals surface area contributed by atoms with Gasteiger partial charge in [0.05, 0.1) is 23.9 Å². The van der Waals surface area contributed by atoms with E-state index in [1.807, 2.05) is 0 Å². The highest BCUT2D eigenvalue weighted by Crippen LogP contribution is 2.38. The third-order valence-corrected chi connectivity index (χ3v) is 7.36. The molecule has 0 aliphatic heterocycles. The minimum atomic E-state index is -3.68. The highest BCUT2D eigenvalue weighted by atomic mass is 32.2. The Morgan fingerprint density at radius 2 is 2.12 bits per heavy atom. The highest BCUT2D eigenvalue weighted by Gasteiger charge is 2.25. The average Bonchev–Trinajstić information content (AvgIpc) is 3.22. The second-order valence-corrected chi connectivity index (χ2v) is 9.14. The molecule has 0 atom stereocenters. The Kier molecular flexibility index (Phi) is 4.46. The molecular weight excluding hydrogens is 372 g/mol. The number of methoxy groups -OCH3 is 1. The zero-order valence-corrected chi connectivity index (χ0v) is 15.8. The molecule has 3 aromatic rings. The van der Waals surface area contributed by atoms with Crippen molar-refractivity contribution in [3.63, 3.8) is 0 Å². The Bertz CT molecular complexity index is 1020. The first-order valence-electron chi connectivity index (χ1n) is 8.28. The maximum atomic E-state index is 12.6. The van der Waals surface area contributed by atoms with Gasteiger partial charge in [0.25, 0.3) is 10.0 Å². The van der Waals surface area contributed by atoms with Gasteiger partial charge in [-0.1, -0.05) is 12.5 Å². The van der Waals surface area contributed by atoms with Gasteiger partial charge in [-0.15, -0.1) is 11.3 Å². The molecule has 1 saturated carbocycles. The van der Waals surface area contributed by atoms with E-state index in [9.17, 15) is 8.42 Å². The van der Waals surface area contributed by atoms with Crippen LogP contribution < -0.4 is 9.46 Å². The highest BCUT2D eigenvalue weighted by molar-refractivity contribution is 7.94. The van der Waals surface area contributed by atoms with Gasteiger partial charge in [0.1, 0.15) is 9.96 Å². The zero-order valence-electron chi connectivity index (χ0n) is 14.1. The molecule has 4 rings (SSSR count). The molecule has 1 fully saturated rings. The lowest BCUT2D eigenvalue weighted by molar-refractivity contribution is 0.338. The number of benzene rings is 1. The van der Waals surface area contributed by atoms with Crippen LogP contribution in [0.15, 0.2) is 51.2 Å². The lowest BCUT2D eigenvalue weighted by atomic mass is 9.85. The maximum absolute atomic E-state index is 12.6. The molecule has 1 aromatic carbocycles. The van der Waals surface area contributed by atoms with Crippen LogP contribution >= 0.6 is 11.3 Å². The Labute approximate surface area is 155 Å². The molecule has 136 valence electrons. The van der Waals surface area contributed by atoms with Gasteiger partial charge in [-0.05, 0) is 37.1 Å². The van der Waals surface area contributed by atoms with Crippen LogP contribution in [-0.2, 0) is 10.0 Å². The van der Waals surface area contributed by atoms with E-state index in [0.717, 1.165) is 34.9 Å². The number of anilines is 1. The summed E-state index contributed by atoms with van der Waals surface area (Å²) >= 11 is 1.16. The summed E-state index contributed by atoms with van der Waals surface area (Å²) in [6.07, 6.45) is 5.09. The van der Waals surface area contributed by atoms with E-state index in [1.54, 1.807) is 42.6 Å². The van der Waals surface area contributed by atoms with Gasteiger partial charge in [0.2, 0.25) is 0 Å². The maximum Gasteiger partial charge on any atom is 0.271 e. The van der Waals surface area contributed by atoms with Gasteiger partial charge >= 0.3 is 0 Å². The first kappa shape index (κ1) is 17.1. The smallest absolute Gasteiger partial charge is 0.271 e. The van der Waals surface area contributed by atoms with E-state index < -0.39 is 10.0 Å². The number of nitrogens with one attached hydrogen (secondary N) is 1. The molecule has 0 amide bonds. The van der Waals surface area contributed by atoms with Crippen LogP contribution in [0.25, 0.3) is 10.6 Å². The molecule has 0 saturated heterocycles. The number of hydrogen-bond acceptors (Lipinski definition) is 6. The third-order valence-electron chi connectivity index (χ3n) is 4.39. The third kappa shape index (κ3) is 3.34. The lowest BCUT2D eigenvalue weighted by Crippen LogP contribution is -2.11. The van der Waals surface area contributed by atoms with Crippen LogP contribution in [0.3, 0.4) is 0 Å². The largest absolute Gasteiger partial charge is 0.497 e. The number of rotatable bonds is 6. The number of aromatic nitrogens is 1. The fourth-order valence-corrected chi connectivity index (χ4v) is 5.04. The second-order valence-electron chi connectivity index (χ2n) is 6.15. The Morgan fingerprint density at radius 3 is 2.85 bits per heavy atom. The predicted molar refractivity (Wildman–Crippen MR) is 100 cm³/mol. The average molecular weight is 390 g/mol. The number of thiophene rings is 1. The van der Waals surface area contributed by atoms with E-state index in [0.29, 0.717) is 23.1 Å². The molecule has 0 spiro atoms. The minimum absolute atomic E-state index is 0.219. The Balaban J connectivity index is 1.55. The topological polar surface area (TPSA) is 81.4 Å². The molecule has 1 N–H and O–H groups in total. The van der Waals surface area contributed by atoms with Crippen molar-refractivity contribution in [1.82, 2.24) is 4.98 Å². The van der Waals surface area contributed by atoms with Gasteiger partial charge in [-0.3, -0.25) is 4.72 Å². The Hall–Kier alpha value is -2.32. The van der Waals surface area contributed by atoms with Crippen LogP contribution in [0.1, 0.15) is 31.1 Å². The van der Waals surface area contributed by atoms with Crippen LogP contribution in [0, 0.1) is 0 Å². The van der Waals surface area contributed by atoms with E-state index in [2.05, 4.69) is 9.71 Å². The van der Waals surface area contributed by atoms with Gasteiger partial charge in [0, 0.05) is 12.0 Å². The summed E-state index contributed by atoms with van der Waals surface area (Å²) in [5, 5.41) is 0. The van der Waals surface area contributed by atoms with Gasteiger partial charge < -0.3 is 9.15 Å². The normalized spacial score (nSPS) is 14.8. The zero-order chi connectivity index (χ0) is 18.1. The summed E-state index contributed by atoms with van der Waals surface area (Å²) < 4.78 is 39.0. The quantitative estimate of drug-likeness (QED) is 0.671. The summed E-state index contributed by atoms with van der Waals surface area (Å²) in [5.74, 6) is 2.35. The fourth-order valence-electron chi connectivity index (χ4n) is 2.73. The molecule has 0 radical (unpaired) electrons. The first-order valence-corrected chi connectivity index (χ1v) is 10.6. The van der Waals surface area contributed by atoms with Gasteiger partial charge in [-0.25, -0.2) is 13.4 Å². The van der Waals surface area contributed by atoms with Crippen molar-refractivity contribution < 1.29 is 17.6 Å². The summed E-state index contributed by atoms with van der Waals surface area (Å²) in [6, 6.07) is 10.1. The van der Waals surface area contributed by atoms with Crippen LogP contribution in [-0.4, -0.2) is 20.5 Å². The molecule has 0 unspecified atom stereocenters. The second kappa shape index (κ2) is 6.77. The van der Waals surface area contributed by atoms with Crippen LogP contribution in [0.4, 0.5) is 5.69 Å². The van der Waals surface area contributed by atoms with Crippen molar-refractivity contribution in [2.75, 3.05) is 11.8 Å². The number of nitrogens with zero attached hydrogens (tertiary/aromatic N) is 1.